The van der Waals surface area contributed by atoms with Crippen molar-refractivity contribution in [2.45, 2.75) is 62.5 Å². The van der Waals surface area contributed by atoms with Crippen LogP contribution >= 0.6 is 0 Å². The molecule has 30 nitrogen and oxygen atoms in total. The minimum Gasteiger partial charge on any atom is -0.494 e. The van der Waals surface area contributed by atoms with Gasteiger partial charge in [-0.1, -0.05) is 0 Å². The first-order chi connectivity index (χ1) is 47.7. The fourth-order valence-corrected chi connectivity index (χ4v) is 11.5. The maximum atomic E-state index is 14.0. The number of benzene rings is 3. The summed E-state index contributed by atoms with van der Waals surface area (Å²) in [6, 6.07) is 17.3. The summed E-state index contributed by atoms with van der Waals surface area (Å²) < 4.78 is 67.9. The van der Waals surface area contributed by atoms with Crippen LogP contribution in [0, 0.1) is 22.7 Å². The van der Waals surface area contributed by atoms with Crippen LogP contribution in [-0.4, -0.2) is 269 Å². The number of carboxylic acids is 3. The molecule has 34 heteroatoms. The lowest BCUT2D eigenvalue weighted by atomic mass is 10.1. The molecule has 8 N–H and O–H groups in total. The van der Waals surface area contributed by atoms with E-state index in [9.17, 15) is 91.4 Å². The van der Waals surface area contributed by atoms with Gasteiger partial charge in [0.15, 0.2) is 0 Å². The Balaban J connectivity index is 0.885. The van der Waals surface area contributed by atoms with Gasteiger partial charge in [0.1, 0.15) is 23.6 Å². The van der Waals surface area contributed by atoms with Crippen LogP contribution in [-0.2, 0) is 28.8 Å². The Labute approximate surface area is 570 Å². The summed E-state index contributed by atoms with van der Waals surface area (Å²) >= 11 is 0. The van der Waals surface area contributed by atoms with E-state index in [1.54, 1.807) is 68.1 Å². The fourth-order valence-electron chi connectivity index (χ4n) is 11.5. The van der Waals surface area contributed by atoms with Crippen molar-refractivity contribution in [3.63, 3.8) is 0 Å². The summed E-state index contributed by atoms with van der Waals surface area (Å²) in [5, 5.41) is 61.6. The molecule has 5 aromatic rings. The number of carbonyl (C=O) groups is 10. The molecule has 0 aliphatic carbocycles. The Bertz CT molecular complexity index is 3720. The number of alkyl halides is 4. The quantitative estimate of drug-likeness (QED) is 0.0252. The van der Waals surface area contributed by atoms with Crippen LogP contribution in [0.25, 0.3) is 21.8 Å². The van der Waals surface area contributed by atoms with Crippen LogP contribution in [0.15, 0.2) is 79.1 Å². The number of fused-ring (bicyclic) bond motifs is 2. The number of halogens is 4. The molecule has 8 rings (SSSR count). The van der Waals surface area contributed by atoms with Crippen molar-refractivity contribution in [2.75, 3.05) is 136 Å². The number of aromatic nitrogens is 2. The second kappa shape index (κ2) is 35.2. The summed E-state index contributed by atoms with van der Waals surface area (Å²) in [5.74, 6) is -14.0. The zero-order valence-electron chi connectivity index (χ0n) is 54.3. The molecule has 100 heavy (non-hydrogen) atoms. The number of nitrogens with one attached hydrogen (secondary N) is 5. The molecule has 3 aliphatic rings. The number of hydrogen-bond acceptors (Lipinski definition) is 20. The Morgan fingerprint density at radius 2 is 0.880 bits per heavy atom. The molecule has 7 amide bonds. The number of anilines is 1. The van der Waals surface area contributed by atoms with Gasteiger partial charge in [0.2, 0.25) is 17.7 Å². The first-order valence-corrected chi connectivity index (χ1v) is 32.1. The summed E-state index contributed by atoms with van der Waals surface area (Å²) in [5.41, 5.74) is 1.09. The summed E-state index contributed by atoms with van der Waals surface area (Å²) in [4.78, 5) is 146. The van der Waals surface area contributed by atoms with E-state index in [-0.39, 0.29) is 133 Å². The van der Waals surface area contributed by atoms with Gasteiger partial charge >= 0.3 is 17.9 Å². The number of unbranched alkanes of at least 4 members (excludes halogenated alkanes) is 2. The number of hydrogen-bond donors (Lipinski definition) is 8. The van der Waals surface area contributed by atoms with Gasteiger partial charge in [0, 0.05) is 118 Å². The highest BCUT2D eigenvalue weighted by Crippen LogP contribution is 2.33. The van der Waals surface area contributed by atoms with Crippen molar-refractivity contribution in [2.24, 2.45) is 0 Å². The Morgan fingerprint density at radius 3 is 1.25 bits per heavy atom. The van der Waals surface area contributed by atoms with Gasteiger partial charge in [-0.2, -0.15) is 10.5 Å². The van der Waals surface area contributed by atoms with Crippen molar-refractivity contribution in [1.82, 2.24) is 60.6 Å². The normalized spacial score (nSPS) is 17.5. The van der Waals surface area contributed by atoms with Gasteiger partial charge in [-0.05, 0) is 92.4 Å². The third kappa shape index (κ3) is 22.2. The standard InChI is InChI=1S/C66H75F4N15O15/c67-65(68)30-45(32-71)84(40-65)56(87)34-77-63(97)49-9-13-73-53-7-5-47(28-51(49)53)99-23-3-1-11-75-61(95)42-25-43(27-44(26-42)79-55(86)36-80-15-17-81(37-58(89)90)19-21-83(39-60(93)94)22-20-82(18-16-80)38-59(91)92)62(96)76-12-2-4-24-100-48-6-8-54-52(29-48)50(10-14-74-54)64(98)78-35-57(88)85-41-66(69,70)31-46(85)33-72/h5-10,13-14,25-29,45-46H,1-4,11-12,15-24,30-31,34-41H2,(H,75,95)(H,76,96)(H,77,97)(H,78,98)(H,79,86)(H,89,90)(H,91,92)(H,93,94)/t45-,46-/m0/s1. The molecule has 0 unspecified atom stereocenters. The van der Waals surface area contributed by atoms with Crippen LogP contribution in [0.2, 0.25) is 0 Å². The largest absolute Gasteiger partial charge is 0.494 e. The smallest absolute Gasteiger partial charge is 0.317 e. The molecule has 0 saturated carbocycles. The minimum atomic E-state index is -3.23. The first kappa shape index (κ1) is 75.1. The average molecular weight is 1390 g/mol. The Morgan fingerprint density at radius 1 is 0.500 bits per heavy atom. The van der Waals surface area contributed by atoms with Gasteiger partial charge in [-0.25, -0.2) is 17.6 Å². The SMILES string of the molecule is N#C[C@@H]1CC(F)(F)CN1C(=O)CNC(=O)c1ccnc2ccc(OCCCCNC(=O)c3cc(NC(=O)CN4CCN(CC(=O)O)CCN(CC(=O)O)CCN(CC(=O)O)CC4)cc(C(=O)NCCCCOc4ccc5nccc(C(=O)NCC(=O)N6CC(F)(F)C[C@H]6C#N)c5c4)c3)cc12. The molecule has 2 atom stereocenters. The monoisotopic (exact) mass is 1390 g/mol. The van der Waals surface area contributed by atoms with E-state index in [1.165, 1.54) is 42.7 Å². The predicted molar refractivity (Wildman–Crippen MR) is 347 cm³/mol. The molecule has 0 bridgehead atoms. The maximum absolute atomic E-state index is 14.0. The number of nitriles is 2. The van der Waals surface area contributed by atoms with E-state index in [0.29, 0.717) is 59.0 Å². The van der Waals surface area contributed by atoms with Crippen molar-refractivity contribution < 1.29 is 90.3 Å². The summed E-state index contributed by atoms with van der Waals surface area (Å²) in [7, 11) is 0. The highest BCUT2D eigenvalue weighted by atomic mass is 19.3. The second-order valence-electron chi connectivity index (χ2n) is 24.1. The van der Waals surface area contributed by atoms with E-state index < -0.39 is 122 Å². The fraction of sp³-hybridized carbons (Fsp3) is 0.455. The molecular weight excluding hydrogens is 1320 g/mol. The lowest BCUT2D eigenvalue weighted by molar-refractivity contribution is -0.140. The molecule has 3 aromatic carbocycles. The van der Waals surface area contributed by atoms with E-state index in [1.807, 2.05) is 0 Å². The van der Waals surface area contributed by atoms with E-state index >= 15 is 0 Å². The number of rotatable bonds is 29. The molecule has 3 saturated heterocycles. The van der Waals surface area contributed by atoms with E-state index in [2.05, 4.69) is 36.6 Å². The number of ether oxygens (including phenoxy) is 2. The topological polar surface area (TPSA) is 403 Å². The highest BCUT2D eigenvalue weighted by Gasteiger charge is 2.48. The zero-order chi connectivity index (χ0) is 72.1. The van der Waals surface area contributed by atoms with Gasteiger partial charge in [-0.3, -0.25) is 77.5 Å². The van der Waals surface area contributed by atoms with E-state index in [0.717, 1.165) is 9.80 Å². The van der Waals surface area contributed by atoms with Crippen LogP contribution in [0.1, 0.15) is 80.0 Å². The number of pyridine rings is 2. The number of carboxylic acid groups (broad SMARTS) is 3. The van der Waals surface area contributed by atoms with E-state index in [4.69, 9.17) is 9.47 Å². The molecular formula is C66H75F4N15O15. The highest BCUT2D eigenvalue weighted by molar-refractivity contribution is 6.08. The molecule has 0 spiro atoms. The third-order valence-electron chi connectivity index (χ3n) is 16.6. The van der Waals surface area contributed by atoms with Crippen LogP contribution < -0.4 is 36.1 Å². The average Bonchev–Trinajstić information content (AvgIpc) is 1.16. The number of likely N-dealkylation sites (tertiary alicyclic amines) is 2. The summed E-state index contributed by atoms with van der Waals surface area (Å²) in [6.45, 7) is -2.90. The van der Waals surface area contributed by atoms with Crippen molar-refractivity contribution in [3.8, 4) is 23.6 Å². The lowest BCUT2D eigenvalue weighted by Gasteiger charge is -2.32. The van der Waals surface area contributed by atoms with Gasteiger partial charge in [-0.15, -0.1) is 0 Å². The van der Waals surface area contributed by atoms with Crippen LogP contribution in [0.3, 0.4) is 0 Å². The zero-order valence-corrected chi connectivity index (χ0v) is 54.3. The predicted octanol–water partition coefficient (Wildman–Crippen LogP) is 2.35. The summed E-state index contributed by atoms with van der Waals surface area (Å²) in [6.07, 6.45) is 2.74. The van der Waals surface area contributed by atoms with Crippen LogP contribution in [0.5, 0.6) is 11.5 Å². The van der Waals surface area contributed by atoms with Gasteiger partial charge in [0.05, 0.1) is 99.9 Å². The van der Waals surface area contributed by atoms with Gasteiger partial charge < -0.3 is 61.2 Å². The van der Waals surface area contributed by atoms with Crippen LogP contribution in [0.4, 0.5) is 23.2 Å². The van der Waals surface area contributed by atoms with Crippen molar-refractivity contribution in [3.05, 3.63) is 101 Å². The third-order valence-corrected chi connectivity index (χ3v) is 16.6. The lowest BCUT2D eigenvalue weighted by Crippen LogP contribution is -2.49. The Hall–Kier alpha value is -10.7. The molecule has 2 aromatic heterocycles. The molecule has 0 radical (unpaired) electrons. The maximum Gasteiger partial charge on any atom is 0.317 e. The number of aliphatic carboxylic acids is 3. The second-order valence-corrected chi connectivity index (χ2v) is 24.1. The van der Waals surface area contributed by atoms with Gasteiger partial charge in [0.25, 0.3) is 35.5 Å². The molecule has 3 aliphatic heterocycles. The first-order valence-electron chi connectivity index (χ1n) is 32.1. The molecule has 3 fully saturated rings. The van der Waals surface area contributed by atoms with Crippen molar-refractivity contribution in [1.29, 1.82) is 10.5 Å². The van der Waals surface area contributed by atoms with Crippen molar-refractivity contribution >= 4 is 86.8 Å². The minimum absolute atomic E-state index is 0.00899. The number of carbonyl (C=O) groups excluding carboxylic acids is 7. The number of nitrogens with zero attached hydrogens (tertiary/aromatic N) is 10. The Kier molecular flexibility index (Phi) is 26.4. The molecule has 532 valence electrons. The molecule has 5 heterocycles. The number of amides is 7.